The summed E-state index contributed by atoms with van der Waals surface area (Å²) in [7, 11) is 0. The van der Waals surface area contributed by atoms with E-state index in [9.17, 15) is 5.26 Å². The third-order valence-electron chi connectivity index (χ3n) is 4.00. The van der Waals surface area contributed by atoms with Crippen LogP contribution in [0.3, 0.4) is 0 Å². The molecule has 0 bridgehead atoms. The van der Waals surface area contributed by atoms with Gasteiger partial charge < -0.3 is 0 Å². The van der Waals surface area contributed by atoms with E-state index in [1.807, 2.05) is 55.6 Å². The van der Waals surface area contributed by atoms with Crippen LogP contribution in [0.25, 0.3) is 22.5 Å². The molecule has 0 unspecified atom stereocenters. The first-order chi connectivity index (χ1) is 12.3. The van der Waals surface area contributed by atoms with Crippen LogP contribution in [-0.4, -0.2) is 30.0 Å². The lowest BCUT2D eigenvalue weighted by atomic mass is 10.0. The summed E-state index contributed by atoms with van der Waals surface area (Å²) in [5, 5.41) is 25.6. The first kappa shape index (κ1) is 14.8. The average molecular weight is 327 g/mol. The van der Waals surface area contributed by atoms with Gasteiger partial charge in [-0.1, -0.05) is 18.2 Å². The molecule has 0 N–H and O–H groups in total. The summed E-state index contributed by atoms with van der Waals surface area (Å²) in [4.78, 5) is 1.42. The third-order valence-corrected chi connectivity index (χ3v) is 4.00. The van der Waals surface area contributed by atoms with Gasteiger partial charge in [-0.25, -0.2) is 4.68 Å². The summed E-state index contributed by atoms with van der Waals surface area (Å²) in [5.74, 6) is 0. The highest BCUT2D eigenvalue weighted by Gasteiger charge is 2.13. The van der Waals surface area contributed by atoms with E-state index in [4.69, 9.17) is 0 Å². The Labute approximate surface area is 143 Å². The Bertz CT molecular complexity index is 1060. The van der Waals surface area contributed by atoms with Gasteiger partial charge >= 0.3 is 0 Å². The molecule has 2 aromatic heterocycles. The summed E-state index contributed by atoms with van der Waals surface area (Å²) in [6, 6.07) is 15.9. The minimum atomic E-state index is 0.567. The second kappa shape index (κ2) is 6.02. The highest BCUT2D eigenvalue weighted by Crippen LogP contribution is 2.27. The van der Waals surface area contributed by atoms with E-state index >= 15 is 0 Å². The van der Waals surface area contributed by atoms with Gasteiger partial charge in [0, 0.05) is 11.8 Å². The number of nitrogens with zero attached hydrogens (tertiary/aromatic N) is 7. The van der Waals surface area contributed by atoms with Crippen molar-refractivity contribution in [2.75, 3.05) is 0 Å². The number of tetrazole rings is 1. The molecule has 0 aliphatic heterocycles. The monoisotopic (exact) mass is 327 g/mol. The quantitative estimate of drug-likeness (QED) is 0.577. The summed E-state index contributed by atoms with van der Waals surface area (Å²) in [6.07, 6.45) is 5.07. The van der Waals surface area contributed by atoms with Crippen molar-refractivity contribution in [1.82, 2.24) is 30.0 Å². The first-order valence-corrected chi connectivity index (χ1v) is 7.65. The van der Waals surface area contributed by atoms with Gasteiger partial charge in [0.05, 0.1) is 29.2 Å². The van der Waals surface area contributed by atoms with Crippen LogP contribution in [-0.2, 0) is 0 Å². The fourth-order valence-corrected chi connectivity index (χ4v) is 2.66. The lowest BCUT2D eigenvalue weighted by Gasteiger charge is -2.08. The van der Waals surface area contributed by atoms with E-state index in [1.54, 1.807) is 10.9 Å². The minimum Gasteiger partial charge on any atom is -0.240 e. The Morgan fingerprint density at radius 3 is 2.60 bits per heavy atom. The van der Waals surface area contributed by atoms with Crippen LogP contribution in [0, 0.1) is 18.3 Å². The minimum absolute atomic E-state index is 0.567. The lowest BCUT2D eigenvalue weighted by molar-refractivity contribution is 0.715. The molecule has 0 amide bonds. The van der Waals surface area contributed by atoms with Crippen LogP contribution < -0.4 is 0 Å². The smallest absolute Gasteiger partial charge is 0.162 e. The lowest BCUT2D eigenvalue weighted by Crippen LogP contribution is -2.03. The first-order valence-electron chi connectivity index (χ1n) is 7.65. The van der Waals surface area contributed by atoms with Gasteiger partial charge in [0.25, 0.3) is 0 Å². The van der Waals surface area contributed by atoms with Gasteiger partial charge in [-0.05, 0) is 47.5 Å². The zero-order valence-electron chi connectivity index (χ0n) is 13.4. The highest BCUT2D eigenvalue weighted by atomic mass is 15.6. The maximum Gasteiger partial charge on any atom is 0.162 e. The Kier molecular flexibility index (Phi) is 3.56. The number of aromatic nitrogens is 6. The van der Waals surface area contributed by atoms with Crippen molar-refractivity contribution in [3.8, 4) is 28.6 Å². The molecule has 120 valence electrons. The Morgan fingerprint density at radius 1 is 1.04 bits per heavy atom. The molecule has 7 nitrogen and oxygen atoms in total. The third kappa shape index (κ3) is 2.66. The molecule has 25 heavy (non-hydrogen) atoms. The number of hydrogen-bond acceptors (Lipinski definition) is 5. The normalized spacial score (nSPS) is 10.6. The molecule has 2 heterocycles. The fourth-order valence-electron chi connectivity index (χ4n) is 2.66. The largest absolute Gasteiger partial charge is 0.240 e. The van der Waals surface area contributed by atoms with Gasteiger partial charge in [-0.2, -0.15) is 10.4 Å². The average Bonchev–Trinajstić information content (AvgIpc) is 3.35. The van der Waals surface area contributed by atoms with Crippen molar-refractivity contribution in [2.45, 2.75) is 6.92 Å². The van der Waals surface area contributed by atoms with Crippen molar-refractivity contribution in [3.05, 3.63) is 72.3 Å². The topological polar surface area (TPSA) is 85.2 Å². The Hall–Kier alpha value is -3.79. The van der Waals surface area contributed by atoms with Crippen LogP contribution in [0.1, 0.15) is 11.1 Å². The van der Waals surface area contributed by atoms with Crippen molar-refractivity contribution >= 4 is 0 Å². The van der Waals surface area contributed by atoms with Gasteiger partial charge in [0.1, 0.15) is 0 Å². The molecule has 4 aromatic rings. The second-order valence-corrected chi connectivity index (χ2v) is 5.51. The molecule has 0 aliphatic rings. The van der Waals surface area contributed by atoms with Crippen molar-refractivity contribution in [1.29, 1.82) is 5.26 Å². The van der Waals surface area contributed by atoms with Crippen LogP contribution in [0.2, 0.25) is 0 Å². The fraction of sp³-hybridized carbons (Fsp3) is 0.0556. The molecule has 0 radical (unpaired) electrons. The molecule has 0 fully saturated rings. The molecular formula is C18H13N7. The Morgan fingerprint density at radius 2 is 1.88 bits per heavy atom. The molecule has 4 rings (SSSR count). The summed E-state index contributed by atoms with van der Waals surface area (Å²) in [5.41, 5.74) is 4.84. The van der Waals surface area contributed by atoms with E-state index in [0.717, 1.165) is 28.1 Å². The standard InChI is InChI=1S/C18H13N7/c1-13-15(9-19)7-14(8-18(13)25-22-12-20-23-25)16-10-21-24(11-16)17-5-3-2-4-6-17/h2-8,10-12H,1H3. The molecular weight excluding hydrogens is 314 g/mol. The number of hydrogen-bond donors (Lipinski definition) is 0. The molecule has 0 saturated heterocycles. The molecule has 2 aromatic carbocycles. The van der Waals surface area contributed by atoms with E-state index in [1.165, 1.54) is 11.1 Å². The molecule has 0 atom stereocenters. The van der Waals surface area contributed by atoms with Gasteiger partial charge in [-0.15, -0.1) is 15.0 Å². The van der Waals surface area contributed by atoms with E-state index in [2.05, 4.69) is 26.6 Å². The predicted molar refractivity (Wildman–Crippen MR) is 91.2 cm³/mol. The predicted octanol–water partition coefficient (Wildman–Crippen LogP) is 2.70. The maximum absolute atomic E-state index is 9.46. The van der Waals surface area contributed by atoms with Gasteiger partial charge in [0.2, 0.25) is 0 Å². The highest BCUT2D eigenvalue weighted by molar-refractivity contribution is 5.69. The summed E-state index contributed by atoms with van der Waals surface area (Å²) < 4.78 is 1.80. The van der Waals surface area contributed by atoms with Crippen molar-refractivity contribution in [3.63, 3.8) is 0 Å². The van der Waals surface area contributed by atoms with E-state index < -0.39 is 0 Å². The van der Waals surface area contributed by atoms with Crippen LogP contribution in [0.5, 0.6) is 0 Å². The molecule has 0 aliphatic carbocycles. The zero-order chi connectivity index (χ0) is 17.2. The molecule has 7 heteroatoms. The number of rotatable bonds is 3. The van der Waals surface area contributed by atoms with Crippen LogP contribution >= 0.6 is 0 Å². The maximum atomic E-state index is 9.46. The van der Waals surface area contributed by atoms with Gasteiger partial charge in [-0.3, -0.25) is 0 Å². The number of para-hydroxylation sites is 1. The van der Waals surface area contributed by atoms with Crippen LogP contribution in [0.15, 0.2) is 61.2 Å². The van der Waals surface area contributed by atoms with Crippen molar-refractivity contribution < 1.29 is 0 Å². The van der Waals surface area contributed by atoms with Crippen molar-refractivity contribution in [2.24, 2.45) is 0 Å². The number of benzene rings is 2. The van der Waals surface area contributed by atoms with E-state index in [0.29, 0.717) is 5.56 Å². The number of nitriles is 1. The summed E-state index contributed by atoms with van der Waals surface area (Å²) >= 11 is 0. The Balaban J connectivity index is 1.83. The SMILES string of the molecule is Cc1c(C#N)cc(-c2cnn(-c3ccccc3)c2)cc1-n1ncnn1. The summed E-state index contributed by atoms with van der Waals surface area (Å²) in [6.45, 7) is 1.87. The van der Waals surface area contributed by atoms with Crippen LogP contribution in [0.4, 0.5) is 0 Å². The second-order valence-electron chi connectivity index (χ2n) is 5.51. The van der Waals surface area contributed by atoms with E-state index in [-0.39, 0.29) is 0 Å². The molecule has 0 saturated carbocycles. The van der Waals surface area contributed by atoms with Gasteiger partial charge in [0.15, 0.2) is 6.33 Å². The molecule has 0 spiro atoms. The zero-order valence-corrected chi connectivity index (χ0v) is 13.4.